The molecular weight excluding hydrogens is 397 g/mol. The molecule has 0 saturated carbocycles. The van der Waals surface area contributed by atoms with Crippen LogP contribution >= 0.6 is 0 Å². The molecule has 1 fully saturated rings. The van der Waals surface area contributed by atoms with Crippen molar-refractivity contribution in [2.75, 3.05) is 29.9 Å². The summed E-state index contributed by atoms with van der Waals surface area (Å²) >= 11 is 0. The third kappa shape index (κ3) is 4.22. The molecule has 1 aromatic carbocycles. The first-order valence-electron chi connectivity index (χ1n) is 10.2. The van der Waals surface area contributed by atoms with Gasteiger partial charge in [0.25, 0.3) is 5.91 Å². The predicted molar refractivity (Wildman–Crippen MR) is 118 cm³/mol. The summed E-state index contributed by atoms with van der Waals surface area (Å²) in [7, 11) is 0. The highest BCUT2D eigenvalue weighted by atomic mass is 19.1. The molecule has 1 aliphatic rings. The molecule has 1 saturated heterocycles. The molecule has 3 aromatic rings. The normalized spacial score (nSPS) is 15.6. The van der Waals surface area contributed by atoms with Crippen LogP contribution in [0.2, 0.25) is 0 Å². The van der Waals surface area contributed by atoms with Crippen LogP contribution in [0.5, 0.6) is 0 Å². The molecule has 2 aromatic heterocycles. The molecule has 1 aliphatic heterocycles. The predicted octanol–water partition coefficient (Wildman–Crippen LogP) is 2.52. The van der Waals surface area contributed by atoms with E-state index in [0.717, 1.165) is 37.3 Å². The zero-order chi connectivity index (χ0) is 22.0. The van der Waals surface area contributed by atoms with Crippen LogP contribution in [0.3, 0.4) is 0 Å². The summed E-state index contributed by atoms with van der Waals surface area (Å²) in [6, 6.07) is 9.89. The Balaban J connectivity index is 1.57. The molecule has 0 radical (unpaired) electrons. The minimum atomic E-state index is -0.591. The van der Waals surface area contributed by atoms with Crippen molar-refractivity contribution in [1.29, 1.82) is 0 Å². The first-order chi connectivity index (χ1) is 14.9. The molecule has 0 aliphatic carbocycles. The van der Waals surface area contributed by atoms with Crippen LogP contribution in [0.4, 0.5) is 21.6 Å². The number of carbonyl (C=O) groups is 1. The van der Waals surface area contributed by atoms with Gasteiger partial charge < -0.3 is 21.7 Å². The number of anilines is 3. The Labute approximate surface area is 180 Å². The fourth-order valence-corrected chi connectivity index (χ4v) is 3.91. The van der Waals surface area contributed by atoms with Gasteiger partial charge in [0.15, 0.2) is 5.82 Å². The first-order valence-corrected chi connectivity index (χ1v) is 10.2. The third-order valence-corrected chi connectivity index (χ3v) is 5.91. The van der Waals surface area contributed by atoms with Gasteiger partial charge in [-0.05, 0) is 56.2 Å². The Bertz CT molecular complexity index is 1050. The highest BCUT2D eigenvalue weighted by molar-refractivity contribution is 5.98. The van der Waals surface area contributed by atoms with E-state index in [-0.39, 0.29) is 11.4 Å². The number of piperidine rings is 1. The molecular formula is C22H26FN7O. The molecule has 0 spiro atoms. The number of rotatable bonds is 6. The minimum absolute atomic E-state index is 0.266. The summed E-state index contributed by atoms with van der Waals surface area (Å²) in [5.74, 6) is -0.605. The van der Waals surface area contributed by atoms with E-state index >= 15 is 0 Å². The number of nitrogens with zero attached hydrogens (tertiary/aromatic N) is 4. The fourth-order valence-electron chi connectivity index (χ4n) is 3.91. The highest BCUT2D eigenvalue weighted by Gasteiger charge is 2.37. The van der Waals surface area contributed by atoms with Crippen molar-refractivity contribution < 1.29 is 9.18 Å². The van der Waals surface area contributed by atoms with Crippen LogP contribution in [-0.2, 0) is 5.54 Å². The molecule has 0 unspecified atom stereocenters. The van der Waals surface area contributed by atoms with Crippen molar-refractivity contribution in [2.45, 2.75) is 25.3 Å². The van der Waals surface area contributed by atoms with E-state index in [1.54, 1.807) is 23.0 Å². The number of primary amides is 1. The monoisotopic (exact) mass is 423 g/mol. The molecule has 162 valence electrons. The standard InChI is InChI=1S/C22H26FN7O/c1-15-2-7-18(12-26-15)29-10-8-22(14-24,9-11-29)30-13-19(20(25)31)21(28-30)27-17-5-3-16(23)4-6-17/h2-7,12-13H,8-11,14,24H2,1H3,(H2,25,31)(H,27,28). The molecule has 3 heterocycles. The largest absolute Gasteiger partial charge is 0.370 e. The van der Waals surface area contributed by atoms with E-state index in [4.69, 9.17) is 11.5 Å². The van der Waals surface area contributed by atoms with Crippen molar-refractivity contribution in [3.8, 4) is 0 Å². The molecule has 9 heteroatoms. The van der Waals surface area contributed by atoms with E-state index in [0.29, 0.717) is 18.1 Å². The number of pyridine rings is 1. The van der Waals surface area contributed by atoms with Gasteiger partial charge in [-0.2, -0.15) is 5.10 Å². The zero-order valence-corrected chi connectivity index (χ0v) is 17.4. The zero-order valence-electron chi connectivity index (χ0n) is 17.4. The van der Waals surface area contributed by atoms with E-state index in [1.165, 1.54) is 12.1 Å². The van der Waals surface area contributed by atoms with Crippen LogP contribution in [0, 0.1) is 12.7 Å². The lowest BCUT2D eigenvalue weighted by Gasteiger charge is -2.42. The van der Waals surface area contributed by atoms with E-state index in [1.807, 2.05) is 19.2 Å². The number of amides is 1. The second-order valence-electron chi connectivity index (χ2n) is 7.91. The van der Waals surface area contributed by atoms with Crippen LogP contribution in [0.25, 0.3) is 0 Å². The number of nitrogens with one attached hydrogen (secondary N) is 1. The maximum atomic E-state index is 13.2. The summed E-state index contributed by atoms with van der Waals surface area (Å²) in [5.41, 5.74) is 14.3. The van der Waals surface area contributed by atoms with Gasteiger partial charge in [0.2, 0.25) is 0 Å². The van der Waals surface area contributed by atoms with Crippen molar-refractivity contribution in [3.63, 3.8) is 0 Å². The number of hydrogen-bond acceptors (Lipinski definition) is 6. The molecule has 1 amide bonds. The SMILES string of the molecule is Cc1ccc(N2CCC(CN)(n3cc(C(N)=O)c(Nc4ccc(F)cc4)n3)CC2)cn1. The van der Waals surface area contributed by atoms with Gasteiger partial charge in [-0.3, -0.25) is 14.5 Å². The minimum Gasteiger partial charge on any atom is -0.370 e. The Morgan fingerprint density at radius 2 is 1.90 bits per heavy atom. The van der Waals surface area contributed by atoms with E-state index in [2.05, 4.69) is 26.4 Å². The number of halogens is 1. The van der Waals surface area contributed by atoms with Crippen LogP contribution in [-0.4, -0.2) is 40.3 Å². The molecule has 0 bridgehead atoms. The van der Waals surface area contributed by atoms with E-state index < -0.39 is 11.4 Å². The van der Waals surface area contributed by atoms with Crippen molar-refractivity contribution in [1.82, 2.24) is 14.8 Å². The number of hydrogen-bond donors (Lipinski definition) is 3. The van der Waals surface area contributed by atoms with E-state index in [9.17, 15) is 9.18 Å². The quantitative estimate of drug-likeness (QED) is 0.561. The average molecular weight is 423 g/mol. The summed E-state index contributed by atoms with van der Waals surface area (Å²) in [5, 5.41) is 7.69. The van der Waals surface area contributed by atoms with Gasteiger partial charge in [-0.15, -0.1) is 0 Å². The lowest BCUT2D eigenvalue weighted by Crippen LogP contribution is -2.50. The summed E-state index contributed by atoms with van der Waals surface area (Å²) in [4.78, 5) is 18.7. The number of nitrogens with two attached hydrogens (primary N) is 2. The fraction of sp³-hybridized carbons (Fsp3) is 0.318. The summed E-state index contributed by atoms with van der Waals surface area (Å²) < 4.78 is 15.0. The lowest BCUT2D eigenvalue weighted by molar-refractivity contribution is 0.100. The molecule has 8 nitrogen and oxygen atoms in total. The second-order valence-corrected chi connectivity index (χ2v) is 7.91. The van der Waals surface area contributed by atoms with Gasteiger partial charge in [0, 0.05) is 37.2 Å². The number of carbonyl (C=O) groups excluding carboxylic acids is 1. The Hall–Kier alpha value is -3.46. The average Bonchev–Trinajstić information content (AvgIpc) is 3.21. The van der Waals surface area contributed by atoms with Crippen molar-refractivity contribution >= 4 is 23.1 Å². The highest BCUT2D eigenvalue weighted by Crippen LogP contribution is 2.33. The smallest absolute Gasteiger partial charge is 0.254 e. The van der Waals surface area contributed by atoms with Gasteiger partial charge in [-0.25, -0.2) is 4.39 Å². The van der Waals surface area contributed by atoms with Crippen molar-refractivity contribution in [3.05, 3.63) is 65.9 Å². The molecule has 5 N–H and O–H groups in total. The van der Waals surface area contributed by atoms with Gasteiger partial charge in [0.1, 0.15) is 11.4 Å². The molecule has 31 heavy (non-hydrogen) atoms. The maximum absolute atomic E-state index is 13.2. The van der Waals surface area contributed by atoms with Crippen molar-refractivity contribution in [2.24, 2.45) is 11.5 Å². The summed E-state index contributed by atoms with van der Waals surface area (Å²) in [6.45, 7) is 3.91. The maximum Gasteiger partial charge on any atom is 0.254 e. The van der Waals surface area contributed by atoms with Crippen LogP contribution in [0.1, 0.15) is 28.9 Å². The van der Waals surface area contributed by atoms with Crippen LogP contribution in [0.15, 0.2) is 48.8 Å². The van der Waals surface area contributed by atoms with Gasteiger partial charge in [0.05, 0.1) is 17.4 Å². The Kier molecular flexibility index (Phi) is 5.60. The van der Waals surface area contributed by atoms with Gasteiger partial charge in [-0.1, -0.05) is 0 Å². The molecule has 0 atom stereocenters. The van der Waals surface area contributed by atoms with Crippen LogP contribution < -0.4 is 21.7 Å². The topological polar surface area (TPSA) is 115 Å². The second kappa shape index (κ2) is 8.35. The third-order valence-electron chi connectivity index (χ3n) is 5.91. The number of benzene rings is 1. The van der Waals surface area contributed by atoms with Gasteiger partial charge >= 0.3 is 0 Å². The summed E-state index contributed by atoms with van der Waals surface area (Å²) in [6.07, 6.45) is 5.05. The number of aromatic nitrogens is 3. The Morgan fingerprint density at radius 1 is 1.19 bits per heavy atom. The first kappa shape index (κ1) is 20.8. The lowest BCUT2D eigenvalue weighted by atomic mass is 9.87. The molecule has 4 rings (SSSR count). The number of aryl methyl sites for hydroxylation is 1. The Morgan fingerprint density at radius 3 is 2.48 bits per heavy atom.